The number of ether oxygens (including phenoxy) is 1. The van der Waals surface area contributed by atoms with Gasteiger partial charge in [0.05, 0.1) is 6.10 Å². The topological polar surface area (TPSA) is 66.8 Å². The molecule has 0 aromatic heterocycles. The Morgan fingerprint density at radius 2 is 1.83 bits per heavy atom. The van der Waals surface area contributed by atoms with Gasteiger partial charge in [0.2, 0.25) is 0 Å². The molecule has 2 N–H and O–H groups in total. The molecule has 0 saturated heterocycles. The van der Waals surface area contributed by atoms with Crippen LogP contribution in [0.2, 0.25) is 0 Å². The number of carboxylic acids is 1. The summed E-state index contributed by atoms with van der Waals surface area (Å²) in [6.07, 6.45) is -0.713. The van der Waals surface area contributed by atoms with Crippen molar-refractivity contribution in [2.45, 2.75) is 32.5 Å². The summed E-state index contributed by atoms with van der Waals surface area (Å²) in [5.41, 5.74) is -1.80. The Morgan fingerprint density at radius 3 is 1.92 bits per heavy atom. The van der Waals surface area contributed by atoms with E-state index in [0.717, 1.165) is 0 Å². The lowest BCUT2D eigenvalue weighted by molar-refractivity contribution is -0.181. The molecule has 0 bridgehead atoms. The summed E-state index contributed by atoms with van der Waals surface area (Å²) >= 11 is 0. The van der Waals surface area contributed by atoms with E-state index in [2.05, 4.69) is 0 Å². The Labute approximate surface area is 72.2 Å². The van der Waals surface area contributed by atoms with E-state index < -0.39 is 17.7 Å². The van der Waals surface area contributed by atoms with Gasteiger partial charge in [0.25, 0.3) is 0 Å². The number of carbonyl (C=O) groups is 1. The highest BCUT2D eigenvalue weighted by Crippen LogP contribution is 2.23. The molecule has 0 heterocycles. The molecule has 0 amide bonds. The fourth-order valence-electron chi connectivity index (χ4n) is 1.07. The SMILES string of the molecule is COC(C)[C@](O)(C(=O)O)C(C)C. The summed E-state index contributed by atoms with van der Waals surface area (Å²) in [5, 5.41) is 18.5. The third-order valence-electron chi connectivity index (χ3n) is 2.20. The first-order chi connectivity index (χ1) is 5.37. The molecule has 4 heteroatoms. The van der Waals surface area contributed by atoms with Crippen LogP contribution in [0.15, 0.2) is 0 Å². The van der Waals surface area contributed by atoms with Crippen LogP contribution in [-0.4, -0.2) is 35.0 Å². The second-order valence-corrected chi connectivity index (χ2v) is 3.16. The first-order valence-corrected chi connectivity index (χ1v) is 3.85. The van der Waals surface area contributed by atoms with Crippen molar-refractivity contribution in [2.24, 2.45) is 5.92 Å². The van der Waals surface area contributed by atoms with E-state index in [1.54, 1.807) is 13.8 Å². The molecular weight excluding hydrogens is 160 g/mol. The van der Waals surface area contributed by atoms with Crippen molar-refractivity contribution in [1.82, 2.24) is 0 Å². The molecule has 2 atom stereocenters. The zero-order valence-electron chi connectivity index (χ0n) is 7.87. The van der Waals surface area contributed by atoms with Crippen molar-refractivity contribution in [3.05, 3.63) is 0 Å². The van der Waals surface area contributed by atoms with E-state index in [-0.39, 0.29) is 5.92 Å². The highest BCUT2D eigenvalue weighted by molar-refractivity contribution is 5.78. The fraction of sp³-hybridized carbons (Fsp3) is 0.875. The molecule has 12 heavy (non-hydrogen) atoms. The summed E-state index contributed by atoms with van der Waals surface area (Å²) in [6.45, 7) is 4.82. The minimum absolute atomic E-state index is 0.384. The maximum absolute atomic E-state index is 10.7. The molecule has 0 rings (SSSR count). The van der Waals surface area contributed by atoms with Gasteiger partial charge in [0.1, 0.15) is 0 Å². The molecule has 0 aliphatic rings. The second kappa shape index (κ2) is 3.87. The molecule has 0 saturated carbocycles. The predicted molar refractivity (Wildman–Crippen MR) is 43.9 cm³/mol. The molecule has 4 nitrogen and oxygen atoms in total. The number of methoxy groups -OCH3 is 1. The van der Waals surface area contributed by atoms with Crippen LogP contribution in [0.4, 0.5) is 0 Å². The lowest BCUT2D eigenvalue weighted by Crippen LogP contribution is -2.53. The average molecular weight is 176 g/mol. The van der Waals surface area contributed by atoms with E-state index in [1.165, 1.54) is 14.0 Å². The highest BCUT2D eigenvalue weighted by atomic mass is 16.5. The van der Waals surface area contributed by atoms with Gasteiger partial charge in [0, 0.05) is 7.11 Å². The molecule has 0 aliphatic carbocycles. The maximum atomic E-state index is 10.7. The van der Waals surface area contributed by atoms with Gasteiger partial charge in [-0.1, -0.05) is 13.8 Å². The molecule has 0 aromatic rings. The van der Waals surface area contributed by atoms with Gasteiger partial charge >= 0.3 is 5.97 Å². The van der Waals surface area contributed by atoms with E-state index in [9.17, 15) is 9.90 Å². The summed E-state index contributed by atoms with van der Waals surface area (Å²) in [6, 6.07) is 0. The monoisotopic (exact) mass is 176 g/mol. The van der Waals surface area contributed by atoms with Crippen LogP contribution in [-0.2, 0) is 9.53 Å². The molecule has 72 valence electrons. The number of aliphatic hydroxyl groups is 1. The van der Waals surface area contributed by atoms with Gasteiger partial charge < -0.3 is 14.9 Å². The van der Waals surface area contributed by atoms with Gasteiger partial charge in [0.15, 0.2) is 5.60 Å². The average Bonchev–Trinajstić information content (AvgIpc) is 2.00. The Kier molecular flexibility index (Phi) is 3.67. The van der Waals surface area contributed by atoms with Gasteiger partial charge in [-0.3, -0.25) is 0 Å². The quantitative estimate of drug-likeness (QED) is 0.654. The largest absolute Gasteiger partial charge is 0.479 e. The Morgan fingerprint density at radius 1 is 1.42 bits per heavy atom. The number of aliphatic carboxylic acids is 1. The minimum atomic E-state index is -1.80. The smallest absolute Gasteiger partial charge is 0.338 e. The molecule has 0 radical (unpaired) electrons. The van der Waals surface area contributed by atoms with Gasteiger partial charge in [-0.2, -0.15) is 0 Å². The normalized spacial score (nSPS) is 18.8. The molecule has 0 aromatic carbocycles. The van der Waals surface area contributed by atoms with Gasteiger partial charge in [-0.05, 0) is 12.8 Å². The van der Waals surface area contributed by atoms with Crippen LogP contribution in [0.3, 0.4) is 0 Å². The van der Waals surface area contributed by atoms with Crippen LogP contribution in [0, 0.1) is 5.92 Å². The molecule has 0 aliphatic heterocycles. The minimum Gasteiger partial charge on any atom is -0.479 e. The number of carboxylic acid groups (broad SMARTS) is 1. The van der Waals surface area contributed by atoms with E-state index in [0.29, 0.717) is 0 Å². The molecule has 0 fully saturated rings. The first-order valence-electron chi connectivity index (χ1n) is 3.85. The van der Waals surface area contributed by atoms with Crippen LogP contribution < -0.4 is 0 Å². The lowest BCUT2D eigenvalue weighted by atomic mass is 9.85. The Bertz CT molecular complexity index is 166. The third kappa shape index (κ3) is 1.76. The fourth-order valence-corrected chi connectivity index (χ4v) is 1.07. The van der Waals surface area contributed by atoms with Crippen LogP contribution in [0.5, 0.6) is 0 Å². The zero-order chi connectivity index (χ0) is 9.94. The van der Waals surface area contributed by atoms with E-state index >= 15 is 0 Å². The van der Waals surface area contributed by atoms with Crippen molar-refractivity contribution in [3.8, 4) is 0 Å². The molecule has 0 spiro atoms. The van der Waals surface area contributed by atoms with Crippen LogP contribution in [0.1, 0.15) is 20.8 Å². The van der Waals surface area contributed by atoms with Crippen molar-refractivity contribution in [1.29, 1.82) is 0 Å². The van der Waals surface area contributed by atoms with Crippen LogP contribution >= 0.6 is 0 Å². The summed E-state index contributed by atoms with van der Waals surface area (Å²) in [4.78, 5) is 10.7. The van der Waals surface area contributed by atoms with Gasteiger partial charge in [-0.15, -0.1) is 0 Å². The number of hydrogen-bond donors (Lipinski definition) is 2. The highest BCUT2D eigenvalue weighted by Gasteiger charge is 2.45. The predicted octanol–water partition coefficient (Wildman–Crippen LogP) is 0.493. The standard InChI is InChI=1S/C8H16O4/c1-5(2)8(11,7(9)10)6(3)12-4/h5-6,11H,1-4H3,(H,9,10)/t6?,8-/m0/s1. The molecular formula is C8H16O4. The lowest BCUT2D eigenvalue weighted by Gasteiger charge is -2.32. The van der Waals surface area contributed by atoms with Crippen molar-refractivity contribution in [3.63, 3.8) is 0 Å². The summed E-state index contributed by atoms with van der Waals surface area (Å²) in [7, 11) is 1.38. The maximum Gasteiger partial charge on any atom is 0.338 e. The summed E-state index contributed by atoms with van der Waals surface area (Å²) < 4.78 is 4.81. The van der Waals surface area contributed by atoms with E-state index in [1.807, 2.05) is 0 Å². The Balaban J connectivity index is 4.74. The van der Waals surface area contributed by atoms with Crippen LogP contribution in [0.25, 0.3) is 0 Å². The van der Waals surface area contributed by atoms with Crippen molar-refractivity contribution < 1.29 is 19.7 Å². The number of hydrogen-bond acceptors (Lipinski definition) is 3. The van der Waals surface area contributed by atoms with Gasteiger partial charge in [-0.25, -0.2) is 4.79 Å². The van der Waals surface area contributed by atoms with Crippen molar-refractivity contribution >= 4 is 5.97 Å². The van der Waals surface area contributed by atoms with E-state index in [4.69, 9.17) is 9.84 Å². The Hall–Kier alpha value is -0.610. The van der Waals surface area contributed by atoms with Crippen molar-refractivity contribution in [2.75, 3.05) is 7.11 Å². The first kappa shape index (κ1) is 11.4. The second-order valence-electron chi connectivity index (χ2n) is 3.16. The molecule has 1 unspecified atom stereocenters. The summed E-state index contributed by atoms with van der Waals surface area (Å²) in [5.74, 6) is -1.63. The zero-order valence-corrected chi connectivity index (χ0v) is 7.87. The number of rotatable bonds is 4. The third-order valence-corrected chi connectivity index (χ3v) is 2.20.